The first-order valence-corrected chi connectivity index (χ1v) is 13.9. The number of nitrogens with zero attached hydrogens (tertiary/aromatic N) is 3. The molecule has 2 aliphatic carbocycles. The van der Waals surface area contributed by atoms with Crippen molar-refractivity contribution in [1.29, 1.82) is 0 Å². The number of rotatable bonds is 6. The summed E-state index contributed by atoms with van der Waals surface area (Å²) >= 11 is 19.5. The fourth-order valence-corrected chi connectivity index (χ4v) is 8.63. The van der Waals surface area contributed by atoms with E-state index in [1.165, 1.54) is 23.9 Å². The van der Waals surface area contributed by atoms with E-state index >= 15 is 0 Å². The summed E-state index contributed by atoms with van der Waals surface area (Å²) in [6.45, 7) is 4.23. The summed E-state index contributed by atoms with van der Waals surface area (Å²) < 4.78 is 1.27. The van der Waals surface area contributed by atoms with Crippen LogP contribution in [0.15, 0.2) is 15.8 Å². The van der Waals surface area contributed by atoms with E-state index in [1.807, 2.05) is 0 Å². The molecule has 34 heavy (non-hydrogen) atoms. The van der Waals surface area contributed by atoms with E-state index in [1.54, 1.807) is 11.3 Å². The third-order valence-corrected chi connectivity index (χ3v) is 9.74. The normalized spacial score (nSPS) is 26.5. The lowest BCUT2D eigenvalue weighted by molar-refractivity contribution is -0.110. The lowest BCUT2D eigenvalue weighted by Gasteiger charge is -2.44. The molecule has 7 nitrogen and oxygen atoms in total. The predicted octanol–water partition coefficient (Wildman–Crippen LogP) is 4.58. The maximum absolute atomic E-state index is 12.2. The quantitative estimate of drug-likeness (QED) is 0.409. The number of thiazole rings is 1. The Bertz CT molecular complexity index is 1140. The number of carbonyl (C=O) groups is 1. The Balaban J connectivity index is 1.62. The molecule has 0 aromatic carbocycles. The van der Waals surface area contributed by atoms with Gasteiger partial charge in [-0.05, 0) is 25.7 Å². The van der Waals surface area contributed by atoms with Crippen LogP contribution in [0.3, 0.4) is 0 Å². The first kappa shape index (κ1) is 25.9. The monoisotopic (exact) mass is 544 g/mol. The molecule has 0 saturated heterocycles. The van der Waals surface area contributed by atoms with Crippen molar-refractivity contribution in [1.82, 2.24) is 19.7 Å². The van der Waals surface area contributed by atoms with Crippen molar-refractivity contribution < 1.29 is 4.79 Å². The molecular formula is C23H30Cl2N4O3S2. The Morgan fingerprint density at radius 3 is 2.44 bits per heavy atom. The standard InChI is InChI=1S/C23H30Cl2N4O3S2/c1-23(2,21-28-20(12-6-4-3-5-7-12)16(34-21)10-18(31)33)19-14(24)8-13(9-15(19)25)29-22(32)27-17(30)11-26-29/h11-15,19H,3-10H2,1-2H3,(H,31,33)(H,27,30,32). The molecule has 2 atom stereocenters. The summed E-state index contributed by atoms with van der Waals surface area (Å²) in [6, 6.07) is -0.298. The number of H-pyrrole nitrogens is 1. The molecule has 186 valence electrons. The minimum atomic E-state index is -0.555. The van der Waals surface area contributed by atoms with Crippen molar-refractivity contribution >= 4 is 52.3 Å². The second kappa shape index (κ2) is 10.4. The molecule has 0 radical (unpaired) electrons. The second-order valence-electron chi connectivity index (χ2n) is 10.0. The van der Waals surface area contributed by atoms with Crippen molar-refractivity contribution in [3.05, 3.63) is 42.6 Å². The minimum absolute atomic E-state index is 0.101. The number of aromatic nitrogens is 4. The van der Waals surface area contributed by atoms with Gasteiger partial charge in [0.1, 0.15) is 6.20 Å². The van der Waals surface area contributed by atoms with Gasteiger partial charge in [0, 0.05) is 32.9 Å². The lowest BCUT2D eigenvalue weighted by atomic mass is 9.69. The average Bonchev–Trinajstić information content (AvgIpc) is 3.17. The lowest BCUT2D eigenvalue weighted by Crippen LogP contribution is -2.48. The molecule has 2 fully saturated rings. The van der Waals surface area contributed by atoms with Gasteiger partial charge in [-0.1, -0.05) is 33.1 Å². The van der Waals surface area contributed by atoms with Crippen LogP contribution in [0.5, 0.6) is 0 Å². The molecule has 4 rings (SSSR count). The van der Waals surface area contributed by atoms with Crippen LogP contribution in [-0.4, -0.2) is 35.6 Å². The molecule has 2 unspecified atom stereocenters. The van der Waals surface area contributed by atoms with Crippen LogP contribution in [0.1, 0.15) is 86.3 Å². The number of alkyl halides is 2. The maximum Gasteiger partial charge on any atom is 0.345 e. The fraction of sp³-hybridized carbons (Fsp3) is 0.696. The third-order valence-electron chi connectivity index (χ3n) is 7.27. The zero-order valence-corrected chi connectivity index (χ0v) is 22.5. The van der Waals surface area contributed by atoms with E-state index in [0.29, 0.717) is 18.8 Å². The van der Waals surface area contributed by atoms with Crippen LogP contribution >= 0.6 is 47.2 Å². The molecule has 0 aliphatic heterocycles. The molecule has 0 spiro atoms. The van der Waals surface area contributed by atoms with Gasteiger partial charge in [-0.3, -0.25) is 14.6 Å². The Hall–Kier alpha value is -1.16. The van der Waals surface area contributed by atoms with Gasteiger partial charge >= 0.3 is 5.69 Å². The van der Waals surface area contributed by atoms with Crippen molar-refractivity contribution in [3.8, 4) is 0 Å². The largest absolute Gasteiger partial charge is 0.345 e. The van der Waals surface area contributed by atoms with Gasteiger partial charge in [-0.25, -0.2) is 14.5 Å². The van der Waals surface area contributed by atoms with Crippen LogP contribution in [0.4, 0.5) is 0 Å². The van der Waals surface area contributed by atoms with Crippen LogP contribution in [0.25, 0.3) is 0 Å². The van der Waals surface area contributed by atoms with E-state index in [4.69, 9.17) is 28.2 Å². The zero-order chi connectivity index (χ0) is 24.6. The molecule has 2 aromatic rings. The van der Waals surface area contributed by atoms with E-state index in [9.17, 15) is 14.4 Å². The average molecular weight is 546 g/mol. The molecule has 2 aromatic heterocycles. The van der Waals surface area contributed by atoms with Crippen molar-refractivity contribution in [2.45, 2.75) is 93.3 Å². The Labute approximate surface area is 218 Å². The summed E-state index contributed by atoms with van der Waals surface area (Å²) in [5.41, 5.74) is -0.473. The number of thiol groups is 1. The molecule has 11 heteroatoms. The van der Waals surface area contributed by atoms with Crippen molar-refractivity contribution in [2.24, 2.45) is 5.92 Å². The molecule has 2 heterocycles. The van der Waals surface area contributed by atoms with Gasteiger partial charge in [-0.2, -0.15) is 5.10 Å². The number of halogens is 2. The number of carbonyl (C=O) groups excluding carboxylic acids is 1. The summed E-state index contributed by atoms with van der Waals surface area (Å²) in [6.07, 6.45) is 8.19. The van der Waals surface area contributed by atoms with Gasteiger partial charge in [0.25, 0.3) is 5.56 Å². The molecule has 1 N–H and O–H groups in total. The van der Waals surface area contributed by atoms with Crippen LogP contribution in [0, 0.1) is 5.92 Å². The Morgan fingerprint density at radius 1 is 1.21 bits per heavy atom. The summed E-state index contributed by atoms with van der Waals surface area (Å²) in [5, 5.41) is 4.14. The number of nitrogens with one attached hydrogen (secondary N) is 1. The first-order chi connectivity index (χ1) is 16.1. The van der Waals surface area contributed by atoms with Gasteiger partial charge in [-0.15, -0.1) is 47.2 Å². The second-order valence-corrected chi connectivity index (χ2v) is 12.7. The number of hydrogen-bond donors (Lipinski definition) is 2. The SMILES string of the molecule is CC(C)(c1nc(C2CCCCC2)c(CC(=O)S)s1)C1C(Cl)CC(n2ncc(=O)[nH]c2=O)CC1Cl. The number of aromatic amines is 1. The predicted molar refractivity (Wildman–Crippen MR) is 139 cm³/mol. The van der Waals surface area contributed by atoms with Gasteiger partial charge in [0.15, 0.2) is 5.12 Å². The topological polar surface area (TPSA) is 97.7 Å². The van der Waals surface area contributed by atoms with E-state index < -0.39 is 16.7 Å². The van der Waals surface area contributed by atoms with E-state index in [0.717, 1.165) is 34.6 Å². The van der Waals surface area contributed by atoms with Crippen molar-refractivity contribution in [2.75, 3.05) is 0 Å². The smallest absolute Gasteiger partial charge is 0.287 e. The van der Waals surface area contributed by atoms with Crippen LogP contribution in [0.2, 0.25) is 0 Å². The molecule has 2 saturated carbocycles. The Kier molecular flexibility index (Phi) is 7.96. The minimum Gasteiger partial charge on any atom is -0.287 e. The first-order valence-electron chi connectivity index (χ1n) is 11.8. The maximum atomic E-state index is 12.2. The van der Waals surface area contributed by atoms with E-state index in [-0.39, 0.29) is 34.3 Å². The number of hydrogen-bond acceptors (Lipinski definition) is 6. The molecular weight excluding hydrogens is 515 g/mol. The highest BCUT2D eigenvalue weighted by Gasteiger charge is 2.48. The van der Waals surface area contributed by atoms with E-state index in [2.05, 4.69) is 36.6 Å². The highest BCUT2D eigenvalue weighted by Crippen LogP contribution is 2.49. The molecule has 0 bridgehead atoms. The molecule has 2 aliphatic rings. The third kappa shape index (κ3) is 5.32. The highest BCUT2D eigenvalue weighted by atomic mass is 35.5. The Morgan fingerprint density at radius 2 is 1.85 bits per heavy atom. The van der Waals surface area contributed by atoms with Gasteiger partial charge in [0.2, 0.25) is 0 Å². The molecule has 0 amide bonds. The van der Waals surface area contributed by atoms with Crippen LogP contribution in [-0.2, 0) is 16.6 Å². The van der Waals surface area contributed by atoms with Crippen molar-refractivity contribution in [3.63, 3.8) is 0 Å². The summed E-state index contributed by atoms with van der Waals surface area (Å²) in [7, 11) is 0. The summed E-state index contributed by atoms with van der Waals surface area (Å²) in [4.78, 5) is 43.9. The highest BCUT2D eigenvalue weighted by molar-refractivity contribution is 7.96. The zero-order valence-electron chi connectivity index (χ0n) is 19.3. The van der Waals surface area contributed by atoms with Gasteiger partial charge in [0.05, 0.1) is 23.2 Å². The van der Waals surface area contributed by atoms with Gasteiger partial charge < -0.3 is 0 Å². The summed E-state index contributed by atoms with van der Waals surface area (Å²) in [5.74, 6) is 0.278. The fourth-order valence-electron chi connectivity index (χ4n) is 5.60. The van der Waals surface area contributed by atoms with Crippen LogP contribution < -0.4 is 11.2 Å².